The molecule has 2 rings (SSSR count). The zero-order valence-electron chi connectivity index (χ0n) is 10.5. The Bertz CT molecular complexity index is 548. The van der Waals surface area contributed by atoms with Gasteiger partial charge in [0, 0.05) is 20.0 Å². The van der Waals surface area contributed by atoms with Crippen molar-refractivity contribution < 1.29 is 13.9 Å². The summed E-state index contributed by atoms with van der Waals surface area (Å²) in [6.07, 6.45) is 0.377. The van der Waals surface area contributed by atoms with Gasteiger partial charge in [-0.3, -0.25) is 4.79 Å². The first kappa shape index (κ1) is 12.6. The summed E-state index contributed by atoms with van der Waals surface area (Å²) in [6.45, 7) is 3.12. The van der Waals surface area contributed by atoms with Gasteiger partial charge in [0.05, 0.1) is 13.5 Å². The molecule has 0 saturated heterocycles. The normalized spacial score (nSPS) is 10.8. The molecule has 0 atom stereocenters. The third kappa shape index (κ3) is 3.07. The number of methoxy groups -OCH3 is 1. The van der Waals surface area contributed by atoms with E-state index in [9.17, 15) is 4.79 Å². The SMILES string of the molecule is COC(=O)CCNCc1ccc2oc(C)nc2c1. The van der Waals surface area contributed by atoms with E-state index in [0.29, 0.717) is 25.4 Å². The second-order valence-corrected chi connectivity index (χ2v) is 4.04. The number of benzene rings is 1. The van der Waals surface area contributed by atoms with Gasteiger partial charge in [-0.2, -0.15) is 0 Å². The van der Waals surface area contributed by atoms with E-state index >= 15 is 0 Å². The van der Waals surface area contributed by atoms with Crippen molar-refractivity contribution in [2.45, 2.75) is 19.9 Å². The molecule has 96 valence electrons. The third-order valence-corrected chi connectivity index (χ3v) is 2.62. The minimum absolute atomic E-state index is 0.204. The lowest BCUT2D eigenvalue weighted by Crippen LogP contribution is -2.18. The van der Waals surface area contributed by atoms with Crippen LogP contribution in [-0.2, 0) is 16.1 Å². The number of esters is 1. The van der Waals surface area contributed by atoms with Crippen LogP contribution in [-0.4, -0.2) is 24.6 Å². The van der Waals surface area contributed by atoms with E-state index in [-0.39, 0.29) is 5.97 Å². The van der Waals surface area contributed by atoms with Crippen molar-refractivity contribution in [3.8, 4) is 0 Å². The molecular formula is C13H16N2O3. The molecule has 0 fully saturated rings. The topological polar surface area (TPSA) is 64.4 Å². The quantitative estimate of drug-likeness (QED) is 0.645. The van der Waals surface area contributed by atoms with E-state index in [2.05, 4.69) is 15.0 Å². The fourth-order valence-corrected chi connectivity index (χ4v) is 1.72. The highest BCUT2D eigenvalue weighted by molar-refractivity contribution is 5.73. The maximum atomic E-state index is 10.9. The molecular weight excluding hydrogens is 232 g/mol. The molecule has 0 spiro atoms. The maximum absolute atomic E-state index is 10.9. The lowest BCUT2D eigenvalue weighted by molar-refractivity contribution is -0.140. The molecule has 5 nitrogen and oxygen atoms in total. The van der Waals surface area contributed by atoms with Gasteiger partial charge in [-0.15, -0.1) is 0 Å². The Morgan fingerprint density at radius 2 is 2.33 bits per heavy atom. The van der Waals surface area contributed by atoms with Gasteiger partial charge in [0.25, 0.3) is 0 Å². The Hall–Kier alpha value is -1.88. The Morgan fingerprint density at radius 3 is 3.11 bits per heavy atom. The van der Waals surface area contributed by atoms with Crippen LogP contribution in [0.2, 0.25) is 0 Å². The smallest absolute Gasteiger partial charge is 0.306 e. The molecule has 1 N–H and O–H groups in total. The second kappa shape index (κ2) is 5.64. The number of hydrogen-bond donors (Lipinski definition) is 1. The zero-order chi connectivity index (χ0) is 13.0. The van der Waals surface area contributed by atoms with Crippen molar-refractivity contribution in [3.05, 3.63) is 29.7 Å². The largest absolute Gasteiger partial charge is 0.469 e. The van der Waals surface area contributed by atoms with E-state index in [1.807, 2.05) is 25.1 Å². The summed E-state index contributed by atoms with van der Waals surface area (Å²) in [6, 6.07) is 5.88. The monoisotopic (exact) mass is 248 g/mol. The highest BCUT2D eigenvalue weighted by Crippen LogP contribution is 2.16. The van der Waals surface area contributed by atoms with Crippen LogP contribution in [0, 0.1) is 6.92 Å². The van der Waals surface area contributed by atoms with Gasteiger partial charge in [-0.25, -0.2) is 4.98 Å². The zero-order valence-corrected chi connectivity index (χ0v) is 10.5. The number of fused-ring (bicyclic) bond motifs is 1. The molecule has 1 heterocycles. The fourth-order valence-electron chi connectivity index (χ4n) is 1.72. The predicted octanol–water partition coefficient (Wildman–Crippen LogP) is 1.79. The molecule has 0 aliphatic carbocycles. The molecule has 0 radical (unpaired) electrons. The van der Waals surface area contributed by atoms with E-state index in [1.54, 1.807) is 0 Å². The molecule has 5 heteroatoms. The first-order valence-electron chi connectivity index (χ1n) is 5.82. The third-order valence-electron chi connectivity index (χ3n) is 2.62. The molecule has 1 aromatic carbocycles. The minimum atomic E-state index is -0.204. The van der Waals surface area contributed by atoms with Crippen LogP contribution in [0.15, 0.2) is 22.6 Å². The number of aromatic nitrogens is 1. The average molecular weight is 248 g/mol. The summed E-state index contributed by atoms with van der Waals surface area (Å²) < 4.78 is 9.96. The Kier molecular flexibility index (Phi) is 3.94. The van der Waals surface area contributed by atoms with E-state index in [1.165, 1.54) is 7.11 Å². The Morgan fingerprint density at radius 1 is 1.50 bits per heavy atom. The molecule has 0 aliphatic heterocycles. The van der Waals surface area contributed by atoms with Crippen LogP contribution in [0.3, 0.4) is 0 Å². The second-order valence-electron chi connectivity index (χ2n) is 4.04. The standard InChI is InChI=1S/C13H16N2O3/c1-9-15-11-7-10(3-4-12(11)18-9)8-14-6-5-13(16)17-2/h3-4,7,14H,5-6,8H2,1-2H3. The molecule has 2 aromatic rings. The highest BCUT2D eigenvalue weighted by atomic mass is 16.5. The highest BCUT2D eigenvalue weighted by Gasteiger charge is 2.03. The Balaban J connectivity index is 1.89. The van der Waals surface area contributed by atoms with Crippen molar-refractivity contribution in [2.75, 3.05) is 13.7 Å². The van der Waals surface area contributed by atoms with Gasteiger partial charge in [0.15, 0.2) is 11.5 Å². The van der Waals surface area contributed by atoms with Gasteiger partial charge in [0.2, 0.25) is 0 Å². The number of carbonyl (C=O) groups excluding carboxylic acids is 1. The average Bonchev–Trinajstić information content (AvgIpc) is 2.73. The van der Waals surface area contributed by atoms with Crippen LogP contribution in [0.25, 0.3) is 11.1 Å². The Labute approximate surface area is 105 Å². The van der Waals surface area contributed by atoms with Crippen molar-refractivity contribution >= 4 is 17.1 Å². The predicted molar refractivity (Wildman–Crippen MR) is 67.1 cm³/mol. The summed E-state index contributed by atoms with van der Waals surface area (Å²) in [5, 5.41) is 3.18. The van der Waals surface area contributed by atoms with E-state index in [4.69, 9.17) is 4.42 Å². The summed E-state index contributed by atoms with van der Waals surface area (Å²) in [5.41, 5.74) is 2.77. The van der Waals surface area contributed by atoms with Crippen LogP contribution in [0.1, 0.15) is 17.9 Å². The molecule has 0 unspecified atom stereocenters. The molecule has 0 aliphatic rings. The molecule has 0 amide bonds. The number of oxazole rings is 1. The maximum Gasteiger partial charge on any atom is 0.306 e. The molecule has 1 aromatic heterocycles. The number of rotatable bonds is 5. The van der Waals surface area contributed by atoms with Crippen molar-refractivity contribution in [1.82, 2.24) is 10.3 Å². The van der Waals surface area contributed by atoms with Gasteiger partial charge in [0.1, 0.15) is 5.52 Å². The van der Waals surface area contributed by atoms with Crippen molar-refractivity contribution in [1.29, 1.82) is 0 Å². The lowest BCUT2D eigenvalue weighted by Gasteiger charge is -2.03. The van der Waals surface area contributed by atoms with Gasteiger partial charge < -0.3 is 14.5 Å². The fraction of sp³-hybridized carbons (Fsp3) is 0.385. The number of nitrogens with zero attached hydrogens (tertiary/aromatic N) is 1. The van der Waals surface area contributed by atoms with E-state index in [0.717, 1.165) is 16.7 Å². The van der Waals surface area contributed by atoms with Crippen LogP contribution < -0.4 is 5.32 Å². The van der Waals surface area contributed by atoms with Gasteiger partial charge in [-0.1, -0.05) is 6.07 Å². The summed E-state index contributed by atoms with van der Waals surface area (Å²) in [4.78, 5) is 15.2. The first-order valence-corrected chi connectivity index (χ1v) is 5.82. The van der Waals surface area contributed by atoms with Gasteiger partial charge in [-0.05, 0) is 17.7 Å². The molecule has 18 heavy (non-hydrogen) atoms. The number of hydrogen-bond acceptors (Lipinski definition) is 5. The van der Waals surface area contributed by atoms with Crippen LogP contribution in [0.4, 0.5) is 0 Å². The summed E-state index contributed by atoms with van der Waals surface area (Å²) in [5.74, 6) is 0.464. The summed E-state index contributed by atoms with van der Waals surface area (Å²) in [7, 11) is 1.39. The number of aryl methyl sites for hydroxylation is 1. The van der Waals surface area contributed by atoms with Crippen LogP contribution in [0.5, 0.6) is 0 Å². The summed E-state index contributed by atoms with van der Waals surface area (Å²) >= 11 is 0. The van der Waals surface area contributed by atoms with Crippen LogP contribution >= 0.6 is 0 Å². The van der Waals surface area contributed by atoms with Crippen molar-refractivity contribution in [2.24, 2.45) is 0 Å². The minimum Gasteiger partial charge on any atom is -0.469 e. The number of nitrogens with one attached hydrogen (secondary N) is 1. The number of ether oxygens (including phenoxy) is 1. The lowest BCUT2D eigenvalue weighted by atomic mass is 10.2. The van der Waals surface area contributed by atoms with Gasteiger partial charge >= 0.3 is 5.97 Å². The number of carbonyl (C=O) groups is 1. The molecule has 0 saturated carbocycles. The van der Waals surface area contributed by atoms with Crippen molar-refractivity contribution in [3.63, 3.8) is 0 Å². The van der Waals surface area contributed by atoms with E-state index < -0.39 is 0 Å². The molecule has 0 bridgehead atoms. The first-order chi connectivity index (χ1) is 8.69.